The van der Waals surface area contributed by atoms with E-state index in [2.05, 4.69) is 0 Å². The van der Waals surface area contributed by atoms with E-state index >= 15 is 0 Å². The molecule has 3 aromatic rings. The number of Topliss-reactive ketones (excluding diaryl/α,β-unsaturated/α-hetero) is 1. The van der Waals surface area contributed by atoms with E-state index in [4.69, 9.17) is 13.9 Å². The van der Waals surface area contributed by atoms with Gasteiger partial charge in [0, 0.05) is 18.7 Å². The molecule has 1 aliphatic heterocycles. The number of hydrogen-bond acceptors (Lipinski definition) is 9. The van der Waals surface area contributed by atoms with Gasteiger partial charge in [0.05, 0.1) is 11.8 Å². The fraction of sp³-hybridized carbons (Fsp3) is 0.385. The number of aromatic hydroxyl groups is 1. The van der Waals surface area contributed by atoms with Crippen molar-refractivity contribution in [2.75, 3.05) is 6.61 Å². The van der Waals surface area contributed by atoms with Gasteiger partial charge in [-0.05, 0) is 60.4 Å². The minimum Gasteiger partial charge on any atom is -0.507 e. The summed E-state index contributed by atoms with van der Waals surface area (Å²) in [5.41, 5.74) is 2.64. The van der Waals surface area contributed by atoms with Crippen LogP contribution in [-0.4, -0.2) is 63.2 Å². The number of furan rings is 1. The normalized spacial score (nSPS) is 24.4. The Morgan fingerprint density at radius 2 is 1.80 bits per heavy atom. The number of carbonyl (C=O) groups excluding carboxylic acids is 2. The molecule has 0 spiro atoms. The largest absolute Gasteiger partial charge is 0.507 e. The number of benzene rings is 2. The summed E-state index contributed by atoms with van der Waals surface area (Å²) in [5, 5.41) is 42.6. The summed E-state index contributed by atoms with van der Waals surface area (Å²) in [7, 11) is 0. The van der Waals surface area contributed by atoms with Crippen LogP contribution in [0.25, 0.3) is 11.0 Å². The highest BCUT2D eigenvalue weighted by Gasteiger charge is 2.45. The number of aryl methyl sites for hydroxylation is 2. The maximum atomic E-state index is 13.0. The highest BCUT2D eigenvalue weighted by atomic mass is 16.6. The Hall–Kier alpha value is -3.24. The summed E-state index contributed by atoms with van der Waals surface area (Å²) >= 11 is 0. The van der Waals surface area contributed by atoms with Crippen LogP contribution in [0.1, 0.15) is 46.5 Å². The minimum absolute atomic E-state index is 0.0583. The van der Waals surface area contributed by atoms with Gasteiger partial charge in [-0.3, -0.25) is 9.59 Å². The van der Waals surface area contributed by atoms with Crippen LogP contribution >= 0.6 is 0 Å². The van der Waals surface area contributed by atoms with E-state index in [1.54, 1.807) is 13.2 Å². The second-order valence-corrected chi connectivity index (χ2v) is 8.81. The average Bonchev–Trinajstić information content (AvgIpc) is 3.29. The number of ether oxygens (including phenoxy) is 2. The fourth-order valence-corrected chi connectivity index (χ4v) is 4.35. The van der Waals surface area contributed by atoms with Crippen LogP contribution in [0.5, 0.6) is 5.75 Å². The van der Waals surface area contributed by atoms with Crippen molar-refractivity contribution in [3.8, 4) is 5.75 Å². The van der Waals surface area contributed by atoms with Crippen molar-refractivity contribution in [3.63, 3.8) is 0 Å². The van der Waals surface area contributed by atoms with Crippen molar-refractivity contribution < 1.29 is 43.9 Å². The number of phenols is 1. The lowest BCUT2D eigenvalue weighted by molar-refractivity contribution is -0.234. The third-order valence-corrected chi connectivity index (χ3v) is 6.31. The van der Waals surface area contributed by atoms with E-state index in [-0.39, 0.29) is 30.1 Å². The first-order valence-corrected chi connectivity index (χ1v) is 11.3. The average molecular weight is 485 g/mol. The number of rotatable bonds is 7. The van der Waals surface area contributed by atoms with Crippen LogP contribution in [0.2, 0.25) is 0 Å². The van der Waals surface area contributed by atoms with Crippen molar-refractivity contribution in [1.82, 2.24) is 0 Å². The Morgan fingerprint density at radius 1 is 1.03 bits per heavy atom. The number of aliphatic hydroxyl groups is 3. The molecule has 5 unspecified atom stereocenters. The molecule has 0 amide bonds. The Kier molecular flexibility index (Phi) is 7.23. The summed E-state index contributed by atoms with van der Waals surface area (Å²) < 4.78 is 16.0. The molecule has 4 N–H and O–H groups in total. The van der Waals surface area contributed by atoms with Crippen LogP contribution in [0.3, 0.4) is 0 Å². The summed E-state index contributed by atoms with van der Waals surface area (Å²) in [5.74, 6) is -1.10. The SMILES string of the molecule is CC(=O)OCC1OC(c2cc(C(=O)CCc3ccc4occc4c3)c(O)cc2C)C(O)C(O)C1O. The standard InChI is InChI=1S/C26H28O9/c1-13-9-20(29)18(19(28)5-3-15-4-6-21-16(10-15)7-8-33-21)11-17(13)26-25(32)24(31)23(30)22(35-26)12-34-14(2)27/h4,6-11,22-26,29-32H,3,5,12H2,1-2H3. The molecule has 9 nitrogen and oxygen atoms in total. The predicted molar refractivity (Wildman–Crippen MR) is 124 cm³/mol. The molecule has 4 rings (SSSR count). The van der Waals surface area contributed by atoms with Gasteiger partial charge in [-0.15, -0.1) is 0 Å². The number of aliphatic hydroxyl groups excluding tert-OH is 3. The number of ketones is 1. The second-order valence-electron chi connectivity index (χ2n) is 8.81. The van der Waals surface area contributed by atoms with Crippen molar-refractivity contribution in [2.24, 2.45) is 0 Å². The summed E-state index contributed by atoms with van der Waals surface area (Å²) in [6.07, 6.45) is -4.60. The fourth-order valence-electron chi connectivity index (χ4n) is 4.35. The first kappa shape index (κ1) is 24.9. The summed E-state index contributed by atoms with van der Waals surface area (Å²) in [6.45, 7) is 2.55. The minimum atomic E-state index is -1.57. The molecule has 5 atom stereocenters. The van der Waals surface area contributed by atoms with E-state index in [1.807, 2.05) is 24.3 Å². The molecule has 2 heterocycles. The maximum Gasteiger partial charge on any atom is 0.302 e. The predicted octanol–water partition coefficient (Wildman–Crippen LogP) is 2.35. The zero-order valence-corrected chi connectivity index (χ0v) is 19.4. The Morgan fingerprint density at radius 3 is 2.54 bits per heavy atom. The molecule has 0 saturated carbocycles. The van der Waals surface area contributed by atoms with Gasteiger partial charge in [0.15, 0.2) is 5.78 Å². The second kappa shape index (κ2) is 10.2. The van der Waals surface area contributed by atoms with Gasteiger partial charge in [-0.25, -0.2) is 0 Å². The molecule has 0 aliphatic carbocycles. The number of fused-ring (bicyclic) bond motifs is 1. The van der Waals surface area contributed by atoms with E-state index in [1.165, 1.54) is 19.1 Å². The number of phenolic OH excluding ortho intramolecular Hbond substituents is 1. The molecular weight excluding hydrogens is 456 g/mol. The molecular formula is C26H28O9. The van der Waals surface area contributed by atoms with Crippen LogP contribution in [0.4, 0.5) is 0 Å². The molecule has 1 aliphatic rings. The van der Waals surface area contributed by atoms with Gasteiger partial charge >= 0.3 is 5.97 Å². The lowest BCUT2D eigenvalue weighted by Gasteiger charge is -2.41. The molecule has 186 valence electrons. The zero-order chi connectivity index (χ0) is 25.3. The first-order valence-electron chi connectivity index (χ1n) is 11.3. The quantitative estimate of drug-likeness (QED) is 0.293. The van der Waals surface area contributed by atoms with Crippen molar-refractivity contribution >= 4 is 22.7 Å². The highest BCUT2D eigenvalue weighted by molar-refractivity contribution is 5.99. The molecule has 2 aromatic carbocycles. The van der Waals surface area contributed by atoms with E-state index in [0.29, 0.717) is 17.5 Å². The summed E-state index contributed by atoms with van der Waals surface area (Å²) in [6, 6.07) is 10.3. The Labute approximate surface area is 201 Å². The lowest BCUT2D eigenvalue weighted by Crippen LogP contribution is -2.55. The maximum absolute atomic E-state index is 13.0. The lowest BCUT2D eigenvalue weighted by atomic mass is 9.87. The smallest absolute Gasteiger partial charge is 0.302 e. The third-order valence-electron chi connectivity index (χ3n) is 6.31. The molecule has 9 heteroatoms. The highest BCUT2D eigenvalue weighted by Crippen LogP contribution is 2.37. The van der Waals surface area contributed by atoms with Crippen LogP contribution in [0, 0.1) is 6.92 Å². The van der Waals surface area contributed by atoms with Gasteiger partial charge in [-0.1, -0.05) is 6.07 Å². The van der Waals surface area contributed by atoms with Crippen LogP contribution in [0.15, 0.2) is 47.1 Å². The Bertz CT molecular complexity index is 1230. The molecule has 1 saturated heterocycles. The number of esters is 1. The zero-order valence-electron chi connectivity index (χ0n) is 19.4. The van der Waals surface area contributed by atoms with Crippen molar-refractivity contribution in [2.45, 2.75) is 57.2 Å². The Balaban J connectivity index is 1.55. The molecule has 0 bridgehead atoms. The molecule has 1 fully saturated rings. The van der Waals surface area contributed by atoms with E-state index < -0.39 is 36.5 Å². The van der Waals surface area contributed by atoms with Gasteiger partial charge in [0.1, 0.15) is 48.5 Å². The summed E-state index contributed by atoms with van der Waals surface area (Å²) in [4.78, 5) is 24.2. The van der Waals surface area contributed by atoms with Gasteiger partial charge in [-0.2, -0.15) is 0 Å². The van der Waals surface area contributed by atoms with Gasteiger partial charge in [0.25, 0.3) is 0 Å². The van der Waals surface area contributed by atoms with Gasteiger partial charge < -0.3 is 34.3 Å². The van der Waals surface area contributed by atoms with Crippen molar-refractivity contribution in [1.29, 1.82) is 0 Å². The monoisotopic (exact) mass is 484 g/mol. The number of hydrogen-bond donors (Lipinski definition) is 4. The first-order chi connectivity index (χ1) is 16.7. The molecule has 0 radical (unpaired) electrons. The van der Waals surface area contributed by atoms with Crippen LogP contribution < -0.4 is 0 Å². The van der Waals surface area contributed by atoms with Gasteiger partial charge in [0.2, 0.25) is 0 Å². The van der Waals surface area contributed by atoms with E-state index in [0.717, 1.165) is 16.5 Å². The molecule has 1 aromatic heterocycles. The number of carbonyl (C=O) groups is 2. The van der Waals surface area contributed by atoms with Crippen molar-refractivity contribution in [3.05, 3.63) is 64.9 Å². The third kappa shape index (κ3) is 5.23. The van der Waals surface area contributed by atoms with Crippen LogP contribution in [-0.2, 0) is 20.7 Å². The topological polar surface area (TPSA) is 147 Å². The molecule has 35 heavy (non-hydrogen) atoms. The van der Waals surface area contributed by atoms with E-state index in [9.17, 15) is 30.0 Å².